The summed E-state index contributed by atoms with van der Waals surface area (Å²) in [7, 11) is 0. The molecule has 1 aliphatic heterocycles. The monoisotopic (exact) mass is 1020 g/mol. The second kappa shape index (κ2) is 48.8. The number of hydrogen-bond donors (Lipinski definition) is 3. The van der Waals surface area contributed by atoms with Crippen molar-refractivity contribution in [1.29, 1.82) is 0 Å². The van der Waals surface area contributed by atoms with E-state index in [1.807, 2.05) is 18.2 Å². The van der Waals surface area contributed by atoms with E-state index >= 15 is 0 Å². The first kappa shape index (κ1) is 66.9. The Bertz CT molecular complexity index is 1590. The average molecular weight is 1030 g/mol. The molecular weight excluding hydrogens is 925 g/mol. The minimum Gasteiger partial charge on any atom is -0.479 e. The summed E-state index contributed by atoms with van der Waals surface area (Å²) in [6.07, 6.45) is 50.1. The highest BCUT2D eigenvalue weighted by atomic mass is 16.7. The Morgan fingerprint density at radius 1 is 0.466 bits per heavy atom. The van der Waals surface area contributed by atoms with Gasteiger partial charge in [0.05, 0.1) is 6.61 Å². The summed E-state index contributed by atoms with van der Waals surface area (Å²) in [4.78, 5) is 51.0. The van der Waals surface area contributed by atoms with E-state index in [-0.39, 0.29) is 25.9 Å². The number of carboxylic acid groups (broad SMARTS) is 1. The quantitative estimate of drug-likeness (QED) is 0.0228. The van der Waals surface area contributed by atoms with Crippen LogP contribution in [0.1, 0.15) is 226 Å². The summed E-state index contributed by atoms with van der Waals surface area (Å²) in [5.41, 5.74) is 0. The third-order valence-electron chi connectivity index (χ3n) is 12.5. The number of ether oxygens (including phenoxy) is 5. The van der Waals surface area contributed by atoms with Crippen molar-refractivity contribution in [3.8, 4) is 0 Å². The number of unbranched alkanes of at least 4 members (excludes halogenated alkanes) is 19. The number of aliphatic carboxylic acids is 1. The van der Waals surface area contributed by atoms with E-state index in [2.05, 4.69) is 87.6 Å². The van der Waals surface area contributed by atoms with E-state index in [0.29, 0.717) is 25.7 Å². The molecule has 6 atom stereocenters. The van der Waals surface area contributed by atoms with Gasteiger partial charge in [-0.15, -0.1) is 0 Å². The van der Waals surface area contributed by atoms with Gasteiger partial charge in [-0.1, -0.05) is 215 Å². The Morgan fingerprint density at radius 3 is 1.37 bits per heavy atom. The van der Waals surface area contributed by atoms with Crippen LogP contribution in [-0.4, -0.2) is 89.2 Å². The molecule has 0 spiro atoms. The maximum Gasteiger partial charge on any atom is 0.335 e. The van der Waals surface area contributed by atoms with Crippen molar-refractivity contribution in [3.63, 3.8) is 0 Å². The van der Waals surface area contributed by atoms with Gasteiger partial charge >= 0.3 is 23.9 Å². The lowest BCUT2D eigenvalue weighted by Crippen LogP contribution is -2.61. The third kappa shape index (κ3) is 39.0. The number of carbonyl (C=O) groups is 4. The lowest BCUT2D eigenvalue weighted by Gasteiger charge is -2.40. The summed E-state index contributed by atoms with van der Waals surface area (Å²) in [5.74, 6) is -3.27. The zero-order valence-electron chi connectivity index (χ0n) is 45.6. The van der Waals surface area contributed by atoms with Crippen molar-refractivity contribution in [2.45, 2.75) is 263 Å². The van der Waals surface area contributed by atoms with E-state index in [4.69, 9.17) is 23.7 Å². The molecule has 12 nitrogen and oxygen atoms in total. The number of carboxylic acids is 1. The van der Waals surface area contributed by atoms with Crippen LogP contribution >= 0.6 is 0 Å². The molecule has 0 aromatic carbocycles. The van der Waals surface area contributed by atoms with Crippen molar-refractivity contribution in [3.05, 3.63) is 85.1 Å². The van der Waals surface area contributed by atoms with Gasteiger partial charge in [-0.2, -0.15) is 0 Å². The largest absolute Gasteiger partial charge is 0.479 e. The Labute approximate surface area is 441 Å². The van der Waals surface area contributed by atoms with Crippen LogP contribution in [-0.2, 0) is 42.9 Å². The molecule has 1 aliphatic rings. The molecule has 73 heavy (non-hydrogen) atoms. The molecule has 0 saturated carbocycles. The van der Waals surface area contributed by atoms with Gasteiger partial charge in [-0.3, -0.25) is 14.4 Å². The van der Waals surface area contributed by atoms with E-state index in [1.54, 1.807) is 0 Å². The summed E-state index contributed by atoms with van der Waals surface area (Å²) in [6, 6.07) is 0. The molecule has 1 heterocycles. The van der Waals surface area contributed by atoms with Gasteiger partial charge in [0.15, 0.2) is 24.6 Å². The van der Waals surface area contributed by atoms with Crippen molar-refractivity contribution in [1.82, 2.24) is 0 Å². The molecule has 12 heteroatoms. The molecule has 1 fully saturated rings. The fraction of sp³-hybridized carbons (Fsp3) is 0.705. The average Bonchev–Trinajstić information content (AvgIpc) is 3.37. The molecule has 1 saturated heterocycles. The number of carbonyl (C=O) groups excluding carboxylic acids is 3. The van der Waals surface area contributed by atoms with Crippen LogP contribution in [0.3, 0.4) is 0 Å². The second-order valence-corrected chi connectivity index (χ2v) is 19.2. The van der Waals surface area contributed by atoms with Crippen LogP contribution in [0, 0.1) is 0 Å². The standard InChI is InChI=1S/C61H100O12/c1-4-7-10-13-16-19-22-25-26-27-28-31-32-35-38-41-44-47-53(62)69-50-52(71-54(63)48-45-42-39-36-33-29-23-20-17-14-11-8-5-2)51-70-61-59(57(66)56(65)58(73-61)60(67)68)72-55(64)49-46-43-40-37-34-30-24-21-18-15-12-9-6-3/h8-9,11-12,17-18,20-21,29-30,33-34,40,43,52,56-59,61,65-66H,4-7,10,13-16,19,22-28,31-32,35-39,41-42,44-51H2,1-3H3,(H,67,68)/b11-8-,12-9-,20-17-,21-18-,33-29-,34-30-,43-40-. The van der Waals surface area contributed by atoms with E-state index in [0.717, 1.165) is 77.0 Å². The summed E-state index contributed by atoms with van der Waals surface area (Å²) < 4.78 is 28.3. The van der Waals surface area contributed by atoms with Gasteiger partial charge in [-0.25, -0.2) is 4.79 Å². The third-order valence-corrected chi connectivity index (χ3v) is 12.5. The summed E-state index contributed by atoms with van der Waals surface area (Å²) in [5, 5.41) is 31.4. The highest BCUT2D eigenvalue weighted by Crippen LogP contribution is 2.26. The lowest BCUT2D eigenvalue weighted by atomic mass is 9.98. The molecule has 6 unspecified atom stereocenters. The van der Waals surface area contributed by atoms with Crippen LogP contribution in [0.2, 0.25) is 0 Å². The Kier molecular flexibility index (Phi) is 44.7. The minimum absolute atomic E-state index is 0.0664. The van der Waals surface area contributed by atoms with Gasteiger partial charge in [0.25, 0.3) is 0 Å². The lowest BCUT2D eigenvalue weighted by molar-refractivity contribution is -0.301. The fourth-order valence-electron chi connectivity index (χ4n) is 8.16. The topological polar surface area (TPSA) is 175 Å². The number of hydrogen-bond acceptors (Lipinski definition) is 11. The number of rotatable bonds is 47. The molecular formula is C61H100O12. The van der Waals surface area contributed by atoms with Crippen LogP contribution < -0.4 is 0 Å². The molecule has 0 bridgehead atoms. The molecule has 0 aromatic heterocycles. The van der Waals surface area contributed by atoms with Gasteiger partial charge in [0, 0.05) is 19.3 Å². The molecule has 0 amide bonds. The first-order chi connectivity index (χ1) is 35.6. The molecule has 3 N–H and O–H groups in total. The molecule has 0 aromatic rings. The van der Waals surface area contributed by atoms with Crippen molar-refractivity contribution in [2.75, 3.05) is 13.2 Å². The predicted octanol–water partition coefficient (Wildman–Crippen LogP) is 14.3. The predicted molar refractivity (Wildman–Crippen MR) is 294 cm³/mol. The van der Waals surface area contributed by atoms with Crippen LogP contribution in [0.4, 0.5) is 0 Å². The number of esters is 3. The van der Waals surface area contributed by atoms with Crippen LogP contribution in [0.25, 0.3) is 0 Å². The van der Waals surface area contributed by atoms with Gasteiger partial charge in [0.1, 0.15) is 18.8 Å². The molecule has 0 radical (unpaired) electrons. The van der Waals surface area contributed by atoms with Gasteiger partial charge < -0.3 is 39.0 Å². The highest BCUT2D eigenvalue weighted by Gasteiger charge is 2.50. The first-order valence-electron chi connectivity index (χ1n) is 28.6. The molecule has 416 valence electrons. The van der Waals surface area contributed by atoms with Gasteiger partial charge in [-0.05, 0) is 77.0 Å². The molecule has 0 aliphatic carbocycles. The smallest absolute Gasteiger partial charge is 0.335 e. The summed E-state index contributed by atoms with van der Waals surface area (Å²) >= 11 is 0. The van der Waals surface area contributed by atoms with Crippen molar-refractivity contribution < 1.29 is 58.2 Å². The first-order valence-corrected chi connectivity index (χ1v) is 28.6. The highest BCUT2D eigenvalue weighted by molar-refractivity contribution is 5.74. The molecule has 1 rings (SSSR count). The number of aliphatic hydroxyl groups excluding tert-OH is 2. The van der Waals surface area contributed by atoms with Crippen molar-refractivity contribution in [2.24, 2.45) is 0 Å². The zero-order chi connectivity index (χ0) is 53.3. The number of allylic oxidation sites excluding steroid dienone is 14. The van der Waals surface area contributed by atoms with Crippen LogP contribution in [0.15, 0.2) is 85.1 Å². The van der Waals surface area contributed by atoms with E-state index < -0.39 is 67.3 Å². The van der Waals surface area contributed by atoms with Crippen LogP contribution in [0.5, 0.6) is 0 Å². The Balaban J connectivity index is 2.74. The maximum atomic E-state index is 13.1. The zero-order valence-corrected chi connectivity index (χ0v) is 45.6. The van der Waals surface area contributed by atoms with E-state index in [9.17, 15) is 34.5 Å². The van der Waals surface area contributed by atoms with Crippen molar-refractivity contribution >= 4 is 23.9 Å². The Morgan fingerprint density at radius 2 is 0.890 bits per heavy atom. The van der Waals surface area contributed by atoms with Gasteiger partial charge in [0.2, 0.25) is 0 Å². The summed E-state index contributed by atoms with van der Waals surface area (Å²) in [6.45, 7) is 5.70. The Hall–Kier alpha value is -4.10. The normalized spacial score (nSPS) is 18.9. The maximum absolute atomic E-state index is 13.1. The number of aliphatic hydroxyl groups is 2. The second-order valence-electron chi connectivity index (χ2n) is 19.2. The fourth-order valence-corrected chi connectivity index (χ4v) is 8.16. The SMILES string of the molecule is CC/C=C\C/C=C\C/C=C\C/C=C\CCC(=O)OC1C(OCC(COC(=O)CCCCCCCCCCCCCCCCCCC)OC(=O)CCCCC/C=C\C/C=C\C/C=C\CC)OC(C(=O)O)C(O)C1O. The minimum atomic E-state index is -1.93. The van der Waals surface area contributed by atoms with E-state index in [1.165, 1.54) is 83.5 Å².